The van der Waals surface area contributed by atoms with Crippen molar-refractivity contribution < 1.29 is 18.7 Å². The zero-order chi connectivity index (χ0) is 22.2. The second kappa shape index (κ2) is 10.4. The zero-order valence-electron chi connectivity index (χ0n) is 18.0. The summed E-state index contributed by atoms with van der Waals surface area (Å²) < 4.78 is 16.7. The number of methoxy groups -OCH3 is 1. The van der Waals surface area contributed by atoms with Crippen molar-refractivity contribution >= 4 is 5.97 Å². The number of hydrogen-bond acceptors (Lipinski definition) is 5. The lowest BCUT2D eigenvalue weighted by Gasteiger charge is -2.07. The average molecular weight is 428 g/mol. The third-order valence-corrected chi connectivity index (χ3v) is 5.06. The van der Waals surface area contributed by atoms with Crippen LogP contribution in [0, 0.1) is 0 Å². The molecule has 5 nitrogen and oxygen atoms in total. The number of aromatic nitrogens is 1. The van der Waals surface area contributed by atoms with Gasteiger partial charge in [-0.2, -0.15) is 0 Å². The van der Waals surface area contributed by atoms with Crippen LogP contribution in [0.4, 0.5) is 0 Å². The van der Waals surface area contributed by atoms with E-state index in [0.29, 0.717) is 17.9 Å². The van der Waals surface area contributed by atoms with Gasteiger partial charge in [0.25, 0.3) is 0 Å². The first-order valence-electron chi connectivity index (χ1n) is 10.7. The standard InChI is InChI=1S/C27H25NO4/c1-30-27(29)22-15-10-16-23(19-22)31-18-9-8-17-24-28-25(20-11-4-2-5-12-20)26(32-24)21-13-6-3-7-14-21/h2-7,10-16,19H,8-9,17-18H2,1H3. The molecule has 0 N–H and O–H groups in total. The molecule has 32 heavy (non-hydrogen) atoms. The summed E-state index contributed by atoms with van der Waals surface area (Å²) in [5.41, 5.74) is 3.39. The van der Waals surface area contributed by atoms with E-state index >= 15 is 0 Å². The van der Waals surface area contributed by atoms with E-state index in [-0.39, 0.29) is 5.97 Å². The number of carbonyl (C=O) groups excluding carboxylic acids is 1. The van der Waals surface area contributed by atoms with Crippen LogP contribution in [0.1, 0.15) is 29.1 Å². The van der Waals surface area contributed by atoms with Gasteiger partial charge in [0.1, 0.15) is 11.4 Å². The van der Waals surface area contributed by atoms with Gasteiger partial charge in [0.05, 0.1) is 19.3 Å². The van der Waals surface area contributed by atoms with Gasteiger partial charge >= 0.3 is 5.97 Å². The van der Waals surface area contributed by atoms with E-state index in [0.717, 1.165) is 47.7 Å². The topological polar surface area (TPSA) is 61.6 Å². The van der Waals surface area contributed by atoms with Crippen LogP contribution in [0.25, 0.3) is 22.6 Å². The van der Waals surface area contributed by atoms with E-state index in [2.05, 4.69) is 0 Å². The largest absolute Gasteiger partial charge is 0.494 e. The predicted octanol–water partition coefficient (Wildman–Crippen LogP) is 6.20. The van der Waals surface area contributed by atoms with Crippen molar-refractivity contribution in [1.82, 2.24) is 4.98 Å². The maximum absolute atomic E-state index is 11.6. The summed E-state index contributed by atoms with van der Waals surface area (Å²) in [5, 5.41) is 0. The number of nitrogens with zero attached hydrogens (tertiary/aromatic N) is 1. The number of benzene rings is 3. The van der Waals surface area contributed by atoms with Crippen LogP contribution in [0.15, 0.2) is 89.3 Å². The molecule has 3 aromatic carbocycles. The minimum Gasteiger partial charge on any atom is -0.494 e. The van der Waals surface area contributed by atoms with Gasteiger partial charge in [-0.05, 0) is 31.0 Å². The highest BCUT2D eigenvalue weighted by atomic mass is 16.5. The van der Waals surface area contributed by atoms with Crippen molar-refractivity contribution in [2.75, 3.05) is 13.7 Å². The average Bonchev–Trinajstić information content (AvgIpc) is 3.29. The molecule has 0 saturated heterocycles. The van der Waals surface area contributed by atoms with Crippen molar-refractivity contribution in [3.8, 4) is 28.3 Å². The minimum absolute atomic E-state index is 0.372. The van der Waals surface area contributed by atoms with Crippen LogP contribution >= 0.6 is 0 Å². The van der Waals surface area contributed by atoms with Crippen LogP contribution in [0.5, 0.6) is 5.75 Å². The number of aryl methyl sites for hydroxylation is 1. The summed E-state index contributed by atoms with van der Waals surface area (Å²) in [6, 6.07) is 27.2. The Morgan fingerprint density at radius 1 is 0.875 bits per heavy atom. The third kappa shape index (κ3) is 5.24. The van der Waals surface area contributed by atoms with E-state index < -0.39 is 0 Å². The van der Waals surface area contributed by atoms with Gasteiger partial charge in [0.2, 0.25) is 0 Å². The second-order valence-electron chi connectivity index (χ2n) is 7.34. The Kier molecular flexibility index (Phi) is 6.98. The number of rotatable bonds is 9. The van der Waals surface area contributed by atoms with Crippen LogP contribution in [-0.2, 0) is 11.2 Å². The Hall–Kier alpha value is -3.86. The molecule has 0 bridgehead atoms. The molecule has 0 aliphatic carbocycles. The van der Waals surface area contributed by atoms with Crippen molar-refractivity contribution in [2.45, 2.75) is 19.3 Å². The van der Waals surface area contributed by atoms with Crippen LogP contribution < -0.4 is 4.74 Å². The van der Waals surface area contributed by atoms with Gasteiger partial charge in [-0.3, -0.25) is 0 Å². The SMILES string of the molecule is COC(=O)c1cccc(OCCCCc2nc(-c3ccccc3)c(-c3ccccc3)o2)c1. The second-order valence-corrected chi connectivity index (χ2v) is 7.34. The monoisotopic (exact) mass is 427 g/mol. The highest BCUT2D eigenvalue weighted by Crippen LogP contribution is 2.32. The molecule has 0 atom stereocenters. The lowest BCUT2D eigenvalue weighted by molar-refractivity contribution is 0.0600. The van der Waals surface area contributed by atoms with Crippen LogP contribution in [0.2, 0.25) is 0 Å². The molecule has 4 aromatic rings. The summed E-state index contributed by atoms with van der Waals surface area (Å²) in [4.78, 5) is 16.4. The summed E-state index contributed by atoms with van der Waals surface area (Å²) in [6.45, 7) is 0.544. The van der Waals surface area contributed by atoms with E-state index in [1.54, 1.807) is 18.2 Å². The summed E-state index contributed by atoms with van der Waals surface area (Å²) >= 11 is 0. The van der Waals surface area contributed by atoms with Crippen molar-refractivity contribution in [3.63, 3.8) is 0 Å². The van der Waals surface area contributed by atoms with Crippen molar-refractivity contribution in [2.24, 2.45) is 0 Å². The Balaban J connectivity index is 1.38. The summed E-state index contributed by atoms with van der Waals surface area (Å²) in [7, 11) is 1.37. The van der Waals surface area contributed by atoms with E-state index in [1.165, 1.54) is 7.11 Å². The number of hydrogen-bond donors (Lipinski definition) is 0. The van der Waals surface area contributed by atoms with Gasteiger partial charge in [0, 0.05) is 17.5 Å². The molecule has 0 aliphatic rings. The molecule has 0 amide bonds. The maximum Gasteiger partial charge on any atom is 0.337 e. The Labute approximate surface area is 187 Å². The Morgan fingerprint density at radius 2 is 1.59 bits per heavy atom. The molecule has 162 valence electrons. The number of esters is 1. The smallest absolute Gasteiger partial charge is 0.337 e. The van der Waals surface area contributed by atoms with E-state index in [9.17, 15) is 4.79 Å². The van der Waals surface area contributed by atoms with Gasteiger partial charge < -0.3 is 13.9 Å². The fourth-order valence-corrected chi connectivity index (χ4v) is 3.45. The fourth-order valence-electron chi connectivity index (χ4n) is 3.45. The number of ether oxygens (including phenoxy) is 2. The molecule has 0 radical (unpaired) electrons. The zero-order valence-corrected chi connectivity index (χ0v) is 18.0. The molecule has 0 unspecified atom stereocenters. The molecule has 0 spiro atoms. The number of unbranched alkanes of at least 4 members (excludes halogenated alkanes) is 1. The first-order chi connectivity index (χ1) is 15.7. The summed E-state index contributed by atoms with van der Waals surface area (Å²) in [6.07, 6.45) is 2.43. The number of oxazole rings is 1. The van der Waals surface area contributed by atoms with E-state index in [1.807, 2.05) is 66.7 Å². The maximum atomic E-state index is 11.6. The van der Waals surface area contributed by atoms with Gasteiger partial charge in [0.15, 0.2) is 11.7 Å². The molecule has 0 aliphatic heterocycles. The molecule has 0 saturated carbocycles. The lowest BCUT2D eigenvalue weighted by atomic mass is 10.1. The molecular formula is C27H25NO4. The third-order valence-electron chi connectivity index (χ3n) is 5.06. The van der Waals surface area contributed by atoms with Crippen LogP contribution in [-0.4, -0.2) is 24.7 Å². The molecule has 1 aromatic heterocycles. The molecule has 0 fully saturated rings. The van der Waals surface area contributed by atoms with E-state index in [4.69, 9.17) is 18.9 Å². The quantitative estimate of drug-likeness (QED) is 0.235. The Morgan fingerprint density at radius 3 is 2.31 bits per heavy atom. The molecule has 5 heteroatoms. The molecule has 4 rings (SSSR count). The van der Waals surface area contributed by atoms with Crippen LogP contribution in [0.3, 0.4) is 0 Å². The van der Waals surface area contributed by atoms with Gasteiger partial charge in [-0.15, -0.1) is 0 Å². The van der Waals surface area contributed by atoms with Gasteiger partial charge in [-0.1, -0.05) is 66.7 Å². The normalized spacial score (nSPS) is 10.7. The van der Waals surface area contributed by atoms with Crippen molar-refractivity contribution in [3.05, 3.63) is 96.4 Å². The van der Waals surface area contributed by atoms with Crippen molar-refractivity contribution in [1.29, 1.82) is 0 Å². The molecular weight excluding hydrogens is 402 g/mol. The highest BCUT2D eigenvalue weighted by molar-refractivity contribution is 5.89. The first-order valence-corrected chi connectivity index (χ1v) is 10.7. The first kappa shape index (κ1) is 21.4. The Bertz CT molecular complexity index is 1100. The highest BCUT2D eigenvalue weighted by Gasteiger charge is 2.16. The summed E-state index contributed by atoms with van der Waals surface area (Å²) in [5.74, 6) is 1.79. The lowest BCUT2D eigenvalue weighted by Crippen LogP contribution is -2.03. The van der Waals surface area contributed by atoms with Gasteiger partial charge in [-0.25, -0.2) is 9.78 Å². The minimum atomic E-state index is -0.372. The number of carbonyl (C=O) groups is 1. The molecule has 1 heterocycles. The fraction of sp³-hybridized carbons (Fsp3) is 0.185. The predicted molar refractivity (Wildman–Crippen MR) is 124 cm³/mol.